The Labute approximate surface area is 174 Å². The summed E-state index contributed by atoms with van der Waals surface area (Å²) in [5.74, 6) is 1.08. The van der Waals surface area contributed by atoms with Crippen molar-refractivity contribution >= 4 is 41.5 Å². The lowest BCUT2D eigenvalue weighted by Gasteiger charge is -2.14. The van der Waals surface area contributed by atoms with Crippen LogP contribution in [0, 0.1) is 10.1 Å². The summed E-state index contributed by atoms with van der Waals surface area (Å²) in [6.07, 6.45) is 1.58. The molecule has 0 bridgehead atoms. The first kappa shape index (κ1) is 22.4. The number of benzene rings is 1. The van der Waals surface area contributed by atoms with Gasteiger partial charge in [0, 0.05) is 26.2 Å². The van der Waals surface area contributed by atoms with E-state index in [2.05, 4.69) is 15.6 Å². The quantitative estimate of drug-likeness (QED) is 0.204. The molecule has 0 unspecified atom stereocenters. The number of nitro groups is 1. The van der Waals surface area contributed by atoms with E-state index >= 15 is 0 Å². The highest BCUT2D eigenvalue weighted by Crippen LogP contribution is 2.12. The van der Waals surface area contributed by atoms with E-state index in [0.29, 0.717) is 19.0 Å². The van der Waals surface area contributed by atoms with Crippen molar-refractivity contribution in [3.05, 3.63) is 64.1 Å². The van der Waals surface area contributed by atoms with Crippen molar-refractivity contribution in [1.29, 1.82) is 0 Å². The summed E-state index contributed by atoms with van der Waals surface area (Å²) in [4.78, 5) is 27.9. The maximum absolute atomic E-state index is 11.8. The highest BCUT2D eigenvalue weighted by atomic mass is 127. The second kappa shape index (κ2) is 11.2. The zero-order valence-corrected chi connectivity index (χ0v) is 17.4. The van der Waals surface area contributed by atoms with Gasteiger partial charge in [-0.3, -0.25) is 14.9 Å². The van der Waals surface area contributed by atoms with Crippen LogP contribution < -0.4 is 10.6 Å². The minimum atomic E-state index is -0.447. The molecule has 0 aliphatic rings. The Kier molecular flexibility index (Phi) is 9.26. The Balaban J connectivity index is 0.00000364. The third-order valence-corrected chi connectivity index (χ3v) is 3.48. The molecule has 1 aromatic heterocycles. The normalized spacial score (nSPS) is 10.7. The van der Waals surface area contributed by atoms with Crippen LogP contribution in [0.15, 0.2) is 52.1 Å². The van der Waals surface area contributed by atoms with Crippen molar-refractivity contribution in [2.75, 3.05) is 20.6 Å². The van der Waals surface area contributed by atoms with Gasteiger partial charge in [-0.25, -0.2) is 4.99 Å². The van der Waals surface area contributed by atoms with Crippen molar-refractivity contribution in [2.24, 2.45) is 4.99 Å². The number of non-ortho nitro benzene ring substituents is 1. The van der Waals surface area contributed by atoms with Crippen LogP contribution in [-0.4, -0.2) is 42.3 Å². The number of nitro benzene ring substituents is 1. The van der Waals surface area contributed by atoms with Gasteiger partial charge in [0.05, 0.1) is 30.8 Å². The molecule has 0 radical (unpaired) electrons. The van der Waals surface area contributed by atoms with Crippen LogP contribution in [0.25, 0.3) is 0 Å². The van der Waals surface area contributed by atoms with E-state index in [1.54, 1.807) is 38.6 Å². The summed E-state index contributed by atoms with van der Waals surface area (Å²) in [5, 5.41) is 16.7. The Morgan fingerprint density at radius 3 is 2.48 bits per heavy atom. The molecule has 0 aliphatic heterocycles. The average Bonchev–Trinajstić information content (AvgIpc) is 3.14. The number of guanidine groups is 1. The molecule has 1 heterocycles. The minimum Gasteiger partial charge on any atom is -0.467 e. The zero-order chi connectivity index (χ0) is 18.9. The number of aliphatic imine (C=N–C) groups is 1. The summed E-state index contributed by atoms with van der Waals surface area (Å²) in [6.45, 7) is 0.814. The molecule has 27 heavy (non-hydrogen) atoms. The molecule has 9 nitrogen and oxygen atoms in total. The molecule has 0 spiro atoms. The third kappa shape index (κ3) is 7.64. The van der Waals surface area contributed by atoms with Gasteiger partial charge in [-0.15, -0.1) is 24.0 Å². The summed E-state index contributed by atoms with van der Waals surface area (Å²) < 4.78 is 5.26. The molecule has 2 N–H and O–H groups in total. The van der Waals surface area contributed by atoms with Crippen LogP contribution in [0.4, 0.5) is 5.69 Å². The van der Waals surface area contributed by atoms with Gasteiger partial charge in [0.25, 0.3) is 5.69 Å². The van der Waals surface area contributed by atoms with E-state index in [0.717, 1.165) is 11.3 Å². The highest BCUT2D eigenvalue weighted by molar-refractivity contribution is 14.0. The number of hydrogen-bond acceptors (Lipinski definition) is 5. The Morgan fingerprint density at radius 1 is 1.22 bits per heavy atom. The monoisotopic (exact) mass is 487 g/mol. The molecule has 2 rings (SSSR count). The van der Waals surface area contributed by atoms with Crippen LogP contribution in [0.2, 0.25) is 0 Å². The molecule has 10 heteroatoms. The number of amides is 1. The number of rotatable bonds is 7. The van der Waals surface area contributed by atoms with E-state index in [4.69, 9.17) is 4.42 Å². The van der Waals surface area contributed by atoms with Gasteiger partial charge >= 0.3 is 0 Å². The number of furan rings is 1. The molecule has 0 atom stereocenters. The lowest BCUT2D eigenvalue weighted by molar-refractivity contribution is -0.384. The summed E-state index contributed by atoms with van der Waals surface area (Å²) >= 11 is 0. The second-order valence-corrected chi connectivity index (χ2v) is 5.66. The molecule has 0 fully saturated rings. The maximum Gasteiger partial charge on any atom is 0.269 e. The van der Waals surface area contributed by atoms with Crippen molar-refractivity contribution in [2.45, 2.75) is 13.1 Å². The lowest BCUT2D eigenvalue weighted by Crippen LogP contribution is -2.42. The number of carbonyl (C=O) groups is 1. The summed E-state index contributed by atoms with van der Waals surface area (Å²) in [7, 11) is 3.35. The number of hydrogen-bond donors (Lipinski definition) is 2. The molecular weight excluding hydrogens is 465 g/mol. The van der Waals surface area contributed by atoms with Crippen LogP contribution in [-0.2, 0) is 17.9 Å². The van der Waals surface area contributed by atoms with Crippen molar-refractivity contribution < 1.29 is 14.1 Å². The first-order valence-electron chi connectivity index (χ1n) is 7.94. The molecule has 2 aromatic rings. The fourth-order valence-corrected chi connectivity index (χ4v) is 1.97. The average molecular weight is 487 g/mol. The SMILES string of the molecule is CN(C)C(=O)CNC(=NCc1ccc([N+](=O)[O-])cc1)NCc1ccco1.I. The molecule has 0 saturated carbocycles. The van der Waals surface area contributed by atoms with Crippen LogP contribution >= 0.6 is 24.0 Å². The van der Waals surface area contributed by atoms with E-state index in [1.807, 2.05) is 6.07 Å². The Morgan fingerprint density at radius 2 is 1.93 bits per heavy atom. The molecule has 0 saturated heterocycles. The van der Waals surface area contributed by atoms with Crippen LogP contribution in [0.3, 0.4) is 0 Å². The lowest BCUT2D eigenvalue weighted by atomic mass is 10.2. The van der Waals surface area contributed by atoms with Gasteiger partial charge in [0.2, 0.25) is 5.91 Å². The zero-order valence-electron chi connectivity index (χ0n) is 15.0. The fourth-order valence-electron chi connectivity index (χ4n) is 1.97. The van der Waals surface area contributed by atoms with Crippen molar-refractivity contribution in [1.82, 2.24) is 15.5 Å². The standard InChI is InChI=1S/C17H21N5O4.HI/c1-21(2)16(23)12-20-17(19-11-15-4-3-9-26-15)18-10-13-5-7-14(8-6-13)22(24)25;/h3-9H,10-12H2,1-2H3,(H2,18,19,20);1H. The van der Waals surface area contributed by atoms with Gasteiger partial charge < -0.3 is 20.0 Å². The predicted molar refractivity (Wildman–Crippen MR) is 112 cm³/mol. The maximum atomic E-state index is 11.8. The van der Waals surface area contributed by atoms with Gasteiger partial charge in [0.15, 0.2) is 5.96 Å². The smallest absolute Gasteiger partial charge is 0.269 e. The second-order valence-electron chi connectivity index (χ2n) is 5.66. The van der Waals surface area contributed by atoms with Gasteiger partial charge in [-0.1, -0.05) is 12.1 Å². The van der Waals surface area contributed by atoms with E-state index in [9.17, 15) is 14.9 Å². The van der Waals surface area contributed by atoms with Gasteiger partial charge in [-0.2, -0.15) is 0 Å². The van der Waals surface area contributed by atoms with Crippen LogP contribution in [0.5, 0.6) is 0 Å². The minimum absolute atomic E-state index is 0. The van der Waals surface area contributed by atoms with Gasteiger partial charge in [-0.05, 0) is 17.7 Å². The number of nitrogens with one attached hydrogen (secondary N) is 2. The number of halogens is 1. The van der Waals surface area contributed by atoms with Crippen molar-refractivity contribution in [3.8, 4) is 0 Å². The molecule has 1 aromatic carbocycles. The first-order chi connectivity index (χ1) is 12.5. The van der Waals surface area contributed by atoms with E-state index < -0.39 is 4.92 Å². The molecule has 1 amide bonds. The Bertz CT molecular complexity index is 760. The summed E-state index contributed by atoms with van der Waals surface area (Å²) in [6, 6.07) is 9.78. The summed E-state index contributed by atoms with van der Waals surface area (Å²) in [5.41, 5.74) is 0.845. The topological polar surface area (TPSA) is 113 Å². The van der Waals surface area contributed by atoms with Crippen molar-refractivity contribution in [3.63, 3.8) is 0 Å². The van der Waals surface area contributed by atoms with Gasteiger partial charge in [0.1, 0.15) is 5.76 Å². The molecule has 0 aliphatic carbocycles. The van der Waals surface area contributed by atoms with Crippen LogP contribution in [0.1, 0.15) is 11.3 Å². The number of carbonyl (C=O) groups excluding carboxylic acids is 1. The fraction of sp³-hybridized carbons (Fsp3) is 0.294. The number of nitrogens with zero attached hydrogens (tertiary/aromatic N) is 3. The first-order valence-corrected chi connectivity index (χ1v) is 7.94. The number of likely N-dealkylation sites (N-methyl/N-ethyl adjacent to an activating group) is 1. The molecular formula is C17H22IN5O4. The third-order valence-electron chi connectivity index (χ3n) is 3.48. The molecule has 146 valence electrons. The highest BCUT2D eigenvalue weighted by Gasteiger charge is 2.07. The Hall–Kier alpha value is -2.63. The van der Waals surface area contributed by atoms with E-state index in [-0.39, 0.29) is 42.1 Å². The predicted octanol–water partition coefficient (Wildman–Crippen LogP) is 2.13. The van der Waals surface area contributed by atoms with E-state index in [1.165, 1.54) is 17.0 Å². The largest absolute Gasteiger partial charge is 0.467 e.